The topological polar surface area (TPSA) is 80.5 Å². The lowest BCUT2D eigenvalue weighted by Gasteiger charge is -2.32. The molecule has 1 atom stereocenters. The molecule has 162 valence electrons. The quantitative estimate of drug-likeness (QED) is 0.647. The number of carbonyl (C=O) groups excluding carboxylic acids is 2. The molecule has 0 spiro atoms. The Labute approximate surface area is 182 Å². The largest absolute Gasteiger partial charge is 0.361 e. The van der Waals surface area contributed by atoms with E-state index in [1.165, 1.54) is 5.56 Å². The van der Waals surface area contributed by atoms with Crippen molar-refractivity contribution in [2.75, 3.05) is 45.1 Å². The van der Waals surface area contributed by atoms with Gasteiger partial charge in [0, 0.05) is 68.3 Å². The zero-order chi connectivity index (χ0) is 21.4. The van der Waals surface area contributed by atoms with Crippen LogP contribution in [0.2, 0.25) is 0 Å². The molecule has 4 heterocycles. The molecule has 2 aromatic rings. The molecular formula is C24H29N5O2. The average molecular weight is 420 g/mol. The van der Waals surface area contributed by atoms with Crippen molar-refractivity contribution in [3.05, 3.63) is 52.8 Å². The van der Waals surface area contributed by atoms with E-state index in [2.05, 4.69) is 44.6 Å². The molecule has 2 amide bonds. The maximum Gasteiger partial charge on any atom is 0.256 e. The molecule has 1 aromatic heterocycles. The van der Waals surface area contributed by atoms with E-state index < -0.39 is 0 Å². The minimum atomic E-state index is -0.0824. The Morgan fingerprint density at radius 2 is 1.94 bits per heavy atom. The molecule has 5 rings (SSSR count). The summed E-state index contributed by atoms with van der Waals surface area (Å²) in [4.78, 5) is 32.7. The zero-order valence-electron chi connectivity index (χ0n) is 17.9. The van der Waals surface area contributed by atoms with E-state index in [1.807, 2.05) is 24.4 Å². The van der Waals surface area contributed by atoms with Crippen LogP contribution >= 0.6 is 0 Å². The fourth-order valence-electron chi connectivity index (χ4n) is 4.68. The van der Waals surface area contributed by atoms with Gasteiger partial charge < -0.3 is 20.5 Å². The Balaban J connectivity index is 1.33. The van der Waals surface area contributed by atoms with Gasteiger partial charge in [0.1, 0.15) is 0 Å². The number of amides is 2. The molecule has 2 saturated heterocycles. The van der Waals surface area contributed by atoms with Crippen molar-refractivity contribution in [2.24, 2.45) is 5.92 Å². The number of aromatic amines is 1. The number of hydrogen-bond donors (Lipinski definition) is 3. The van der Waals surface area contributed by atoms with Crippen molar-refractivity contribution >= 4 is 29.2 Å². The zero-order valence-corrected chi connectivity index (χ0v) is 17.9. The molecule has 0 saturated carbocycles. The Kier molecular flexibility index (Phi) is 5.38. The van der Waals surface area contributed by atoms with Crippen LogP contribution in [0.4, 0.5) is 5.69 Å². The lowest BCUT2D eigenvalue weighted by atomic mass is 9.95. The van der Waals surface area contributed by atoms with Crippen molar-refractivity contribution in [3.8, 4) is 0 Å². The summed E-state index contributed by atoms with van der Waals surface area (Å²) in [6.07, 6.45) is 5.54. The highest BCUT2D eigenvalue weighted by molar-refractivity contribution is 6.34. The standard InChI is InChI=1S/C24H29N5O2/c1-28-6-8-29(9-7-28)15-17-11-19(26-14-17)13-21-20-12-16(2-3-22(20)27-24(21)31)10-18-4-5-25-23(18)30/h2-3,11-14,18,26H,4-10,15H2,1H3,(H,25,30)(H,27,31). The third-order valence-corrected chi connectivity index (χ3v) is 6.58. The smallest absolute Gasteiger partial charge is 0.256 e. The Morgan fingerprint density at radius 1 is 1.10 bits per heavy atom. The van der Waals surface area contributed by atoms with Crippen molar-refractivity contribution in [2.45, 2.75) is 19.4 Å². The van der Waals surface area contributed by atoms with Gasteiger partial charge in [0.05, 0.1) is 5.57 Å². The van der Waals surface area contributed by atoms with Gasteiger partial charge in [-0.25, -0.2) is 0 Å². The summed E-state index contributed by atoms with van der Waals surface area (Å²) in [5.41, 5.74) is 5.67. The summed E-state index contributed by atoms with van der Waals surface area (Å²) in [5, 5.41) is 5.86. The highest BCUT2D eigenvalue weighted by Gasteiger charge is 2.27. The third kappa shape index (κ3) is 4.29. The summed E-state index contributed by atoms with van der Waals surface area (Å²) < 4.78 is 0. The van der Waals surface area contributed by atoms with E-state index in [9.17, 15) is 9.59 Å². The summed E-state index contributed by atoms with van der Waals surface area (Å²) in [6, 6.07) is 8.14. The first-order valence-electron chi connectivity index (χ1n) is 11.1. The Morgan fingerprint density at radius 3 is 2.71 bits per heavy atom. The second-order valence-electron chi connectivity index (χ2n) is 8.92. The van der Waals surface area contributed by atoms with E-state index >= 15 is 0 Å². The normalized spacial score (nSPS) is 23.3. The van der Waals surface area contributed by atoms with E-state index in [0.717, 1.165) is 68.2 Å². The lowest BCUT2D eigenvalue weighted by molar-refractivity contribution is -0.122. The molecule has 31 heavy (non-hydrogen) atoms. The van der Waals surface area contributed by atoms with E-state index in [1.54, 1.807) is 0 Å². The van der Waals surface area contributed by atoms with Crippen LogP contribution in [0.25, 0.3) is 11.6 Å². The van der Waals surface area contributed by atoms with Gasteiger partial charge in [0.15, 0.2) is 0 Å². The number of nitrogens with zero attached hydrogens (tertiary/aromatic N) is 2. The predicted molar refractivity (Wildman–Crippen MR) is 121 cm³/mol. The van der Waals surface area contributed by atoms with Crippen LogP contribution in [0.1, 0.15) is 28.8 Å². The fourth-order valence-corrected chi connectivity index (χ4v) is 4.68. The van der Waals surface area contributed by atoms with Gasteiger partial charge in [-0.2, -0.15) is 0 Å². The summed E-state index contributed by atoms with van der Waals surface area (Å²) >= 11 is 0. The maximum absolute atomic E-state index is 12.6. The van der Waals surface area contributed by atoms with E-state index in [4.69, 9.17) is 0 Å². The number of aromatic nitrogens is 1. The van der Waals surface area contributed by atoms with Gasteiger partial charge in [-0.15, -0.1) is 0 Å². The van der Waals surface area contributed by atoms with E-state index in [0.29, 0.717) is 12.0 Å². The van der Waals surface area contributed by atoms with Gasteiger partial charge in [-0.3, -0.25) is 14.5 Å². The van der Waals surface area contributed by atoms with Crippen molar-refractivity contribution in [1.29, 1.82) is 0 Å². The summed E-state index contributed by atoms with van der Waals surface area (Å²) in [7, 11) is 2.16. The number of rotatable bonds is 5. The molecule has 3 aliphatic rings. The monoisotopic (exact) mass is 419 g/mol. The van der Waals surface area contributed by atoms with Crippen LogP contribution in [0.3, 0.4) is 0 Å². The molecule has 0 bridgehead atoms. The van der Waals surface area contributed by atoms with Gasteiger partial charge in [-0.1, -0.05) is 6.07 Å². The van der Waals surface area contributed by atoms with Gasteiger partial charge in [0.25, 0.3) is 5.91 Å². The summed E-state index contributed by atoms with van der Waals surface area (Å²) in [5.74, 6) is 0.0711. The highest BCUT2D eigenvalue weighted by atomic mass is 16.2. The van der Waals surface area contributed by atoms with Crippen LogP contribution < -0.4 is 10.6 Å². The third-order valence-electron chi connectivity index (χ3n) is 6.58. The molecule has 0 radical (unpaired) electrons. The van der Waals surface area contributed by atoms with Gasteiger partial charge >= 0.3 is 0 Å². The predicted octanol–water partition coefficient (Wildman–Crippen LogP) is 1.93. The highest BCUT2D eigenvalue weighted by Crippen LogP contribution is 2.34. The number of fused-ring (bicyclic) bond motifs is 1. The molecule has 3 aliphatic heterocycles. The van der Waals surface area contributed by atoms with Crippen molar-refractivity contribution in [3.63, 3.8) is 0 Å². The van der Waals surface area contributed by atoms with Crippen LogP contribution in [-0.2, 0) is 22.6 Å². The molecule has 2 fully saturated rings. The van der Waals surface area contributed by atoms with Crippen LogP contribution in [0.15, 0.2) is 30.5 Å². The number of nitrogens with one attached hydrogen (secondary N) is 3. The lowest BCUT2D eigenvalue weighted by Crippen LogP contribution is -2.43. The van der Waals surface area contributed by atoms with Gasteiger partial charge in [0.2, 0.25) is 5.91 Å². The van der Waals surface area contributed by atoms with Crippen molar-refractivity contribution in [1.82, 2.24) is 20.1 Å². The Hall–Kier alpha value is -2.90. The molecule has 1 aromatic carbocycles. The molecular weight excluding hydrogens is 390 g/mol. The number of carbonyl (C=O) groups is 2. The number of piperazine rings is 1. The SMILES string of the molecule is CN1CCN(Cc2c[nH]c(C=C3C(=O)Nc4ccc(CC5CCNC5=O)cc43)c2)CC1. The molecule has 1 unspecified atom stereocenters. The minimum absolute atomic E-state index is 0.0242. The molecule has 0 aliphatic carbocycles. The van der Waals surface area contributed by atoms with Gasteiger partial charge in [-0.05, 0) is 55.3 Å². The first-order valence-corrected chi connectivity index (χ1v) is 11.1. The number of anilines is 1. The van der Waals surface area contributed by atoms with Crippen LogP contribution in [0.5, 0.6) is 0 Å². The molecule has 7 nitrogen and oxygen atoms in total. The number of likely N-dealkylation sites (N-methyl/N-ethyl adjacent to an activating group) is 1. The van der Waals surface area contributed by atoms with Crippen LogP contribution in [-0.4, -0.2) is 66.4 Å². The number of benzene rings is 1. The molecule has 3 N–H and O–H groups in total. The average Bonchev–Trinajstić information content (AvgIpc) is 3.45. The van der Waals surface area contributed by atoms with Crippen LogP contribution in [0, 0.1) is 5.92 Å². The second-order valence-corrected chi connectivity index (χ2v) is 8.92. The first kappa shape index (κ1) is 20.0. The Bertz CT molecular complexity index is 1030. The van der Waals surface area contributed by atoms with E-state index in [-0.39, 0.29) is 17.7 Å². The molecule has 7 heteroatoms. The first-order chi connectivity index (χ1) is 15.0. The minimum Gasteiger partial charge on any atom is -0.361 e. The summed E-state index contributed by atoms with van der Waals surface area (Å²) in [6.45, 7) is 6.03. The second kappa shape index (κ2) is 8.32. The number of hydrogen-bond acceptors (Lipinski definition) is 4. The fraction of sp³-hybridized carbons (Fsp3) is 0.417. The van der Waals surface area contributed by atoms with Crippen molar-refractivity contribution < 1.29 is 9.59 Å². The maximum atomic E-state index is 12.6. The number of H-pyrrole nitrogens is 1.